The van der Waals surface area contributed by atoms with Crippen molar-refractivity contribution in [3.05, 3.63) is 46.7 Å². The predicted octanol–water partition coefficient (Wildman–Crippen LogP) is 4.75. The Bertz CT molecular complexity index is 1370. The largest absolute Gasteiger partial charge is 0.509 e. The SMILES string of the molecule is CCC1C(O)=C(C(=O)Nc2cccc(Sc3ccc4nc(N5CCCCC5)[nH]c4n3)c2Cl)C(=O)N1C. The third-order valence-corrected chi connectivity index (χ3v) is 8.09. The normalized spacial score (nSPS) is 18.4. The van der Waals surface area contributed by atoms with E-state index in [2.05, 4.69) is 20.2 Å². The Kier molecular flexibility index (Phi) is 6.81. The number of likely N-dealkylation sites (N-methyl/N-ethyl adjacent to an activating group) is 1. The quantitative estimate of drug-likeness (QED) is 0.397. The Hall–Kier alpha value is -3.24. The highest BCUT2D eigenvalue weighted by Crippen LogP contribution is 2.38. The molecular formula is C25H27ClN6O3S. The topological polar surface area (TPSA) is 114 Å². The summed E-state index contributed by atoms with van der Waals surface area (Å²) in [6, 6.07) is 8.55. The highest BCUT2D eigenvalue weighted by atomic mass is 35.5. The molecule has 2 aliphatic rings. The van der Waals surface area contributed by atoms with Gasteiger partial charge in [0.2, 0.25) is 5.95 Å². The predicted molar refractivity (Wildman–Crippen MR) is 141 cm³/mol. The first kappa shape index (κ1) is 24.5. The van der Waals surface area contributed by atoms with Crippen LogP contribution in [0.25, 0.3) is 11.2 Å². The molecule has 1 saturated heterocycles. The number of aliphatic hydroxyl groups is 1. The number of H-pyrrole nitrogens is 1. The third kappa shape index (κ3) is 4.51. The van der Waals surface area contributed by atoms with Crippen LogP contribution in [0, 0.1) is 0 Å². The number of halogens is 1. The van der Waals surface area contributed by atoms with Crippen LogP contribution in [0.1, 0.15) is 32.6 Å². The highest BCUT2D eigenvalue weighted by Gasteiger charge is 2.39. The summed E-state index contributed by atoms with van der Waals surface area (Å²) in [5.74, 6) is -0.576. The first-order chi connectivity index (χ1) is 17.4. The molecule has 2 aliphatic heterocycles. The van der Waals surface area contributed by atoms with Gasteiger partial charge in [0.25, 0.3) is 11.8 Å². The number of amides is 2. The van der Waals surface area contributed by atoms with Gasteiger partial charge in [-0.05, 0) is 49.9 Å². The van der Waals surface area contributed by atoms with Gasteiger partial charge < -0.3 is 25.2 Å². The van der Waals surface area contributed by atoms with E-state index in [9.17, 15) is 14.7 Å². The van der Waals surface area contributed by atoms with Crippen molar-refractivity contribution in [3.8, 4) is 0 Å². The molecule has 36 heavy (non-hydrogen) atoms. The van der Waals surface area contributed by atoms with Gasteiger partial charge in [0.05, 0.1) is 16.8 Å². The Balaban J connectivity index is 1.35. The number of hydrogen-bond acceptors (Lipinski definition) is 7. The van der Waals surface area contributed by atoms with E-state index in [0.717, 1.165) is 42.4 Å². The third-order valence-electron chi connectivity index (χ3n) is 6.57. The molecule has 9 nitrogen and oxygen atoms in total. The van der Waals surface area contributed by atoms with Crippen molar-refractivity contribution in [2.45, 2.75) is 48.6 Å². The van der Waals surface area contributed by atoms with Gasteiger partial charge in [0.15, 0.2) is 5.65 Å². The van der Waals surface area contributed by atoms with Crippen molar-refractivity contribution in [1.29, 1.82) is 0 Å². The summed E-state index contributed by atoms with van der Waals surface area (Å²) in [4.78, 5) is 42.4. The Morgan fingerprint density at radius 2 is 2.00 bits per heavy atom. The Morgan fingerprint density at radius 1 is 1.22 bits per heavy atom. The molecule has 188 valence electrons. The second-order valence-electron chi connectivity index (χ2n) is 8.90. The number of piperidine rings is 1. The van der Waals surface area contributed by atoms with Gasteiger partial charge in [-0.25, -0.2) is 9.97 Å². The number of aromatic nitrogens is 3. The first-order valence-electron chi connectivity index (χ1n) is 12.0. The summed E-state index contributed by atoms with van der Waals surface area (Å²) in [5.41, 5.74) is 1.60. The van der Waals surface area contributed by atoms with E-state index in [0.29, 0.717) is 27.7 Å². The maximum Gasteiger partial charge on any atom is 0.264 e. The lowest BCUT2D eigenvalue weighted by Gasteiger charge is -2.25. The lowest BCUT2D eigenvalue weighted by atomic mass is 10.1. The molecule has 0 radical (unpaired) electrons. The van der Waals surface area contributed by atoms with Crippen molar-refractivity contribution in [1.82, 2.24) is 19.9 Å². The minimum atomic E-state index is -0.688. The summed E-state index contributed by atoms with van der Waals surface area (Å²) in [6.45, 7) is 3.82. The van der Waals surface area contributed by atoms with Crippen molar-refractivity contribution in [3.63, 3.8) is 0 Å². The van der Waals surface area contributed by atoms with Crippen LogP contribution in [-0.2, 0) is 9.59 Å². The van der Waals surface area contributed by atoms with Gasteiger partial charge >= 0.3 is 0 Å². The molecular weight excluding hydrogens is 500 g/mol. The molecule has 11 heteroatoms. The highest BCUT2D eigenvalue weighted by molar-refractivity contribution is 7.99. The number of hydrogen-bond donors (Lipinski definition) is 3. The number of carbonyl (C=O) groups is 2. The van der Waals surface area contributed by atoms with Gasteiger partial charge in [-0.3, -0.25) is 9.59 Å². The lowest BCUT2D eigenvalue weighted by molar-refractivity contribution is -0.127. The molecule has 0 aliphatic carbocycles. The summed E-state index contributed by atoms with van der Waals surface area (Å²) >= 11 is 7.99. The van der Waals surface area contributed by atoms with E-state index < -0.39 is 17.9 Å². The Morgan fingerprint density at radius 3 is 2.72 bits per heavy atom. The molecule has 0 bridgehead atoms. The number of pyridine rings is 1. The Labute approximate surface area is 217 Å². The molecule has 1 atom stereocenters. The number of nitrogens with one attached hydrogen (secondary N) is 2. The fourth-order valence-corrected chi connectivity index (χ4v) is 5.75. The van der Waals surface area contributed by atoms with E-state index in [-0.39, 0.29) is 11.3 Å². The number of rotatable bonds is 6. The van der Waals surface area contributed by atoms with Gasteiger partial charge in [-0.1, -0.05) is 36.4 Å². The molecule has 1 fully saturated rings. The zero-order valence-corrected chi connectivity index (χ0v) is 21.6. The van der Waals surface area contributed by atoms with Crippen molar-refractivity contribution in [2.24, 2.45) is 0 Å². The molecule has 3 N–H and O–H groups in total. The maximum absolute atomic E-state index is 12.9. The standard InChI is InChI=1S/C25H27ClN6O3S/c1-3-16-21(33)19(24(35)31(16)2)23(34)27-14-8-7-9-17(20(14)26)36-18-11-10-15-22(29-18)30-25(28-15)32-12-5-4-6-13-32/h7-11,16,33H,3-6,12-13H2,1-2H3,(H,27,34)(H,28,29,30). The molecule has 2 amide bonds. The summed E-state index contributed by atoms with van der Waals surface area (Å²) in [5, 5.41) is 14.2. The maximum atomic E-state index is 12.9. The number of aliphatic hydroxyl groups excluding tert-OH is 1. The minimum Gasteiger partial charge on any atom is -0.509 e. The van der Waals surface area contributed by atoms with Gasteiger partial charge in [-0.15, -0.1) is 0 Å². The summed E-state index contributed by atoms with van der Waals surface area (Å²) in [7, 11) is 1.57. The summed E-state index contributed by atoms with van der Waals surface area (Å²) in [6.07, 6.45) is 4.09. The number of benzene rings is 1. The number of fused-ring (bicyclic) bond motifs is 1. The second kappa shape index (κ2) is 10.0. The van der Waals surface area contributed by atoms with Crippen LogP contribution >= 0.6 is 23.4 Å². The van der Waals surface area contributed by atoms with Crippen LogP contribution in [0.4, 0.5) is 11.6 Å². The molecule has 0 spiro atoms. The van der Waals surface area contributed by atoms with Crippen molar-refractivity contribution in [2.75, 3.05) is 30.4 Å². The smallest absolute Gasteiger partial charge is 0.264 e. The van der Waals surface area contributed by atoms with Crippen LogP contribution in [0.15, 0.2) is 51.6 Å². The van der Waals surface area contributed by atoms with Crippen molar-refractivity contribution >= 4 is 58.0 Å². The molecule has 4 heterocycles. The molecule has 0 saturated carbocycles. The van der Waals surface area contributed by atoms with Gasteiger partial charge in [0.1, 0.15) is 21.9 Å². The molecule has 1 aromatic carbocycles. The lowest BCUT2D eigenvalue weighted by Crippen LogP contribution is -2.32. The fourth-order valence-electron chi connectivity index (χ4n) is 4.62. The number of anilines is 2. The number of imidazole rings is 1. The van der Waals surface area contributed by atoms with E-state index in [1.165, 1.54) is 23.1 Å². The fraction of sp³-hybridized carbons (Fsp3) is 0.360. The van der Waals surface area contributed by atoms with Crippen LogP contribution in [-0.4, -0.2) is 63.0 Å². The zero-order valence-electron chi connectivity index (χ0n) is 20.0. The molecule has 2 aromatic heterocycles. The van der Waals surface area contributed by atoms with Gasteiger partial charge in [-0.2, -0.15) is 0 Å². The van der Waals surface area contributed by atoms with Crippen LogP contribution in [0.5, 0.6) is 0 Å². The van der Waals surface area contributed by atoms with E-state index in [1.807, 2.05) is 25.1 Å². The van der Waals surface area contributed by atoms with E-state index in [4.69, 9.17) is 16.6 Å². The average molecular weight is 527 g/mol. The van der Waals surface area contributed by atoms with Crippen molar-refractivity contribution < 1.29 is 14.7 Å². The van der Waals surface area contributed by atoms with Crippen LogP contribution in [0.2, 0.25) is 5.02 Å². The number of carbonyl (C=O) groups excluding carboxylic acids is 2. The van der Waals surface area contributed by atoms with Gasteiger partial charge in [0, 0.05) is 25.0 Å². The van der Waals surface area contributed by atoms with E-state index in [1.54, 1.807) is 19.2 Å². The number of aromatic amines is 1. The molecule has 5 rings (SSSR count). The van der Waals surface area contributed by atoms with Crippen LogP contribution < -0.4 is 10.2 Å². The second-order valence-corrected chi connectivity index (χ2v) is 10.3. The average Bonchev–Trinajstić information content (AvgIpc) is 3.39. The van der Waals surface area contributed by atoms with Crippen LogP contribution in [0.3, 0.4) is 0 Å². The summed E-state index contributed by atoms with van der Waals surface area (Å²) < 4.78 is 0. The first-order valence-corrected chi connectivity index (χ1v) is 13.2. The number of nitrogens with zero attached hydrogens (tertiary/aromatic N) is 4. The molecule has 1 unspecified atom stereocenters. The zero-order chi connectivity index (χ0) is 25.4. The molecule has 3 aromatic rings. The van der Waals surface area contributed by atoms with E-state index >= 15 is 0 Å². The monoisotopic (exact) mass is 526 g/mol. The minimum absolute atomic E-state index is 0.217.